The standard InChI is InChI=1S/C21H21N3O4/c1-2-28-17-10-6-5-9-16(17)22-18(25)13-24-19(26)21(23-20(24)27)12-11-14-7-3-4-8-15(14)21/h3-10H,2,11-13H2,1H3,(H,22,25)(H,23,27). The van der Waals surface area contributed by atoms with Crippen LogP contribution in [0.15, 0.2) is 48.5 Å². The maximum atomic E-state index is 13.1. The first-order valence-electron chi connectivity index (χ1n) is 9.29. The van der Waals surface area contributed by atoms with E-state index in [4.69, 9.17) is 4.74 Å². The molecule has 2 N–H and O–H groups in total. The Morgan fingerprint density at radius 1 is 1.18 bits per heavy atom. The first-order chi connectivity index (χ1) is 13.5. The van der Waals surface area contributed by atoms with Crippen LogP contribution >= 0.6 is 0 Å². The average molecular weight is 379 g/mol. The van der Waals surface area contributed by atoms with Crippen LogP contribution < -0.4 is 15.4 Å². The Morgan fingerprint density at radius 3 is 2.75 bits per heavy atom. The lowest BCUT2D eigenvalue weighted by molar-refractivity contribution is -0.134. The number of fused-ring (bicyclic) bond motifs is 2. The van der Waals surface area contributed by atoms with Crippen molar-refractivity contribution in [1.29, 1.82) is 0 Å². The molecule has 1 heterocycles. The molecule has 7 heteroatoms. The number of nitrogens with one attached hydrogen (secondary N) is 2. The second-order valence-corrected chi connectivity index (χ2v) is 6.86. The van der Waals surface area contributed by atoms with Gasteiger partial charge in [-0.15, -0.1) is 0 Å². The number of nitrogens with zero attached hydrogens (tertiary/aromatic N) is 1. The van der Waals surface area contributed by atoms with Crippen LogP contribution in [0.1, 0.15) is 24.5 Å². The predicted molar refractivity (Wildman–Crippen MR) is 103 cm³/mol. The number of anilines is 1. The summed E-state index contributed by atoms with van der Waals surface area (Å²) in [6.45, 7) is 1.96. The molecule has 0 aromatic heterocycles. The second-order valence-electron chi connectivity index (χ2n) is 6.86. The monoisotopic (exact) mass is 379 g/mol. The largest absolute Gasteiger partial charge is 0.492 e. The third-order valence-corrected chi connectivity index (χ3v) is 5.18. The quantitative estimate of drug-likeness (QED) is 0.781. The molecule has 2 aliphatic rings. The van der Waals surface area contributed by atoms with Crippen molar-refractivity contribution in [1.82, 2.24) is 10.2 Å². The fourth-order valence-corrected chi connectivity index (χ4v) is 3.92. The van der Waals surface area contributed by atoms with Gasteiger partial charge in [-0.05, 0) is 43.0 Å². The van der Waals surface area contributed by atoms with Gasteiger partial charge < -0.3 is 15.4 Å². The smallest absolute Gasteiger partial charge is 0.325 e. The van der Waals surface area contributed by atoms with Gasteiger partial charge in [0.2, 0.25) is 5.91 Å². The Hall–Kier alpha value is -3.35. The van der Waals surface area contributed by atoms with Crippen molar-refractivity contribution < 1.29 is 19.1 Å². The third kappa shape index (κ3) is 2.89. The van der Waals surface area contributed by atoms with Crippen molar-refractivity contribution in [2.75, 3.05) is 18.5 Å². The summed E-state index contributed by atoms with van der Waals surface area (Å²) in [7, 11) is 0. The van der Waals surface area contributed by atoms with Crippen LogP contribution in [-0.4, -0.2) is 35.9 Å². The first-order valence-corrected chi connectivity index (χ1v) is 9.29. The Bertz CT molecular complexity index is 958. The molecule has 144 valence electrons. The summed E-state index contributed by atoms with van der Waals surface area (Å²) in [5.41, 5.74) is 1.31. The maximum absolute atomic E-state index is 13.1. The number of aryl methyl sites for hydroxylation is 1. The summed E-state index contributed by atoms with van der Waals surface area (Å²) in [5.74, 6) is -0.300. The Labute approximate surface area is 162 Å². The van der Waals surface area contributed by atoms with Crippen molar-refractivity contribution in [3.8, 4) is 5.75 Å². The fourth-order valence-electron chi connectivity index (χ4n) is 3.92. The third-order valence-electron chi connectivity index (χ3n) is 5.18. The van der Waals surface area contributed by atoms with E-state index in [0.717, 1.165) is 16.0 Å². The zero-order chi connectivity index (χ0) is 19.7. The Morgan fingerprint density at radius 2 is 1.93 bits per heavy atom. The van der Waals surface area contributed by atoms with Gasteiger partial charge in [-0.25, -0.2) is 4.79 Å². The lowest BCUT2D eigenvalue weighted by Gasteiger charge is -2.22. The number of rotatable bonds is 5. The molecule has 1 saturated heterocycles. The molecule has 2 aromatic rings. The predicted octanol–water partition coefficient (Wildman–Crippen LogP) is 2.42. The van der Waals surface area contributed by atoms with E-state index in [1.54, 1.807) is 24.3 Å². The SMILES string of the molecule is CCOc1ccccc1NC(=O)CN1C(=O)NC2(CCc3ccccc32)C1=O. The van der Waals surface area contributed by atoms with E-state index >= 15 is 0 Å². The molecule has 7 nitrogen and oxygen atoms in total. The summed E-state index contributed by atoms with van der Waals surface area (Å²) in [6, 6.07) is 14.1. The molecular formula is C21H21N3O4. The van der Waals surface area contributed by atoms with E-state index in [-0.39, 0.29) is 12.5 Å². The lowest BCUT2D eigenvalue weighted by atomic mass is 9.92. The van der Waals surface area contributed by atoms with E-state index < -0.39 is 17.5 Å². The van der Waals surface area contributed by atoms with Gasteiger partial charge in [0.15, 0.2) is 0 Å². The summed E-state index contributed by atoms with van der Waals surface area (Å²) < 4.78 is 5.49. The normalized spacial score (nSPS) is 20.2. The minimum atomic E-state index is -1.06. The number of ether oxygens (including phenoxy) is 1. The van der Waals surface area contributed by atoms with Gasteiger partial charge in [-0.2, -0.15) is 0 Å². The highest BCUT2D eigenvalue weighted by atomic mass is 16.5. The fraction of sp³-hybridized carbons (Fsp3) is 0.286. The lowest BCUT2D eigenvalue weighted by Crippen LogP contribution is -2.43. The molecule has 1 spiro atoms. The van der Waals surface area contributed by atoms with Crippen LogP contribution in [0.5, 0.6) is 5.75 Å². The minimum Gasteiger partial charge on any atom is -0.492 e. The summed E-state index contributed by atoms with van der Waals surface area (Å²) in [6.07, 6.45) is 1.21. The van der Waals surface area contributed by atoms with Gasteiger partial charge in [0, 0.05) is 0 Å². The van der Waals surface area contributed by atoms with Crippen molar-refractivity contribution in [3.05, 3.63) is 59.7 Å². The zero-order valence-corrected chi connectivity index (χ0v) is 15.5. The highest BCUT2D eigenvalue weighted by Gasteiger charge is 2.55. The topological polar surface area (TPSA) is 87.7 Å². The number of imide groups is 1. The van der Waals surface area contributed by atoms with Crippen LogP contribution in [0.2, 0.25) is 0 Å². The molecule has 4 amide bonds. The number of para-hydroxylation sites is 2. The number of hydrogen-bond acceptors (Lipinski definition) is 4. The number of benzene rings is 2. The molecule has 1 aliphatic carbocycles. The number of carbonyl (C=O) groups is 3. The van der Waals surface area contributed by atoms with Gasteiger partial charge >= 0.3 is 6.03 Å². The van der Waals surface area contributed by atoms with Crippen molar-refractivity contribution in [2.45, 2.75) is 25.3 Å². The first kappa shape index (κ1) is 18.0. The molecule has 0 bridgehead atoms. The van der Waals surface area contributed by atoms with E-state index in [1.807, 2.05) is 31.2 Å². The molecule has 1 aliphatic heterocycles. The van der Waals surface area contributed by atoms with Gasteiger partial charge in [0.1, 0.15) is 17.8 Å². The van der Waals surface area contributed by atoms with Crippen LogP contribution in [0.4, 0.5) is 10.5 Å². The number of hydrogen-bond donors (Lipinski definition) is 2. The number of urea groups is 1. The van der Waals surface area contributed by atoms with Gasteiger partial charge in [-0.1, -0.05) is 36.4 Å². The van der Waals surface area contributed by atoms with Gasteiger partial charge in [0.05, 0.1) is 12.3 Å². The highest BCUT2D eigenvalue weighted by Crippen LogP contribution is 2.41. The number of carbonyl (C=O) groups excluding carboxylic acids is 3. The van der Waals surface area contributed by atoms with E-state index in [9.17, 15) is 14.4 Å². The minimum absolute atomic E-state index is 0.352. The summed E-state index contributed by atoms with van der Waals surface area (Å²) >= 11 is 0. The molecule has 2 aromatic carbocycles. The van der Waals surface area contributed by atoms with E-state index in [0.29, 0.717) is 30.9 Å². The molecule has 0 radical (unpaired) electrons. The molecule has 0 saturated carbocycles. The van der Waals surface area contributed by atoms with E-state index in [2.05, 4.69) is 10.6 Å². The Balaban J connectivity index is 1.51. The van der Waals surface area contributed by atoms with Crippen LogP contribution in [0, 0.1) is 0 Å². The van der Waals surface area contributed by atoms with E-state index in [1.165, 1.54) is 0 Å². The van der Waals surface area contributed by atoms with Crippen LogP contribution in [-0.2, 0) is 21.5 Å². The Kier molecular flexibility index (Phi) is 4.50. The molecule has 1 unspecified atom stereocenters. The number of amides is 4. The average Bonchev–Trinajstić information content (AvgIpc) is 3.17. The maximum Gasteiger partial charge on any atom is 0.325 e. The van der Waals surface area contributed by atoms with Crippen molar-refractivity contribution >= 4 is 23.5 Å². The summed E-state index contributed by atoms with van der Waals surface area (Å²) in [4.78, 5) is 39.1. The van der Waals surface area contributed by atoms with Crippen molar-refractivity contribution in [3.63, 3.8) is 0 Å². The van der Waals surface area contributed by atoms with Crippen molar-refractivity contribution in [2.24, 2.45) is 0 Å². The molecule has 1 atom stereocenters. The van der Waals surface area contributed by atoms with Gasteiger partial charge in [0.25, 0.3) is 5.91 Å². The van der Waals surface area contributed by atoms with Crippen LogP contribution in [0.3, 0.4) is 0 Å². The molecule has 28 heavy (non-hydrogen) atoms. The summed E-state index contributed by atoms with van der Waals surface area (Å²) in [5, 5.41) is 5.54. The molecule has 4 rings (SSSR count). The zero-order valence-electron chi connectivity index (χ0n) is 15.5. The van der Waals surface area contributed by atoms with Crippen LogP contribution in [0.25, 0.3) is 0 Å². The molecule has 1 fully saturated rings. The van der Waals surface area contributed by atoms with Gasteiger partial charge in [-0.3, -0.25) is 14.5 Å². The molecular weight excluding hydrogens is 358 g/mol. The highest BCUT2D eigenvalue weighted by molar-refractivity contribution is 6.11. The second kappa shape index (κ2) is 6.99.